The third-order valence-corrected chi connectivity index (χ3v) is 1.44. The Morgan fingerprint density at radius 1 is 1.25 bits per heavy atom. The maximum atomic E-state index is 5.37. The standard InChI is InChI=1S/C4H9Cl2OP/c1-4(2,3)7-8(5)6/h1-3H3. The highest BCUT2D eigenvalue weighted by Crippen LogP contribution is 2.50. The predicted molar refractivity (Wildman–Crippen MR) is 39.5 cm³/mol. The summed E-state index contributed by atoms with van der Waals surface area (Å²) in [4.78, 5) is 0. The van der Waals surface area contributed by atoms with Gasteiger partial charge in [-0.05, 0) is 43.3 Å². The molecule has 0 aromatic carbocycles. The topological polar surface area (TPSA) is 9.23 Å². The first-order chi connectivity index (χ1) is 3.42. The van der Waals surface area contributed by atoms with Crippen LogP contribution in [0, 0.1) is 0 Å². The Morgan fingerprint density at radius 2 is 1.62 bits per heavy atom. The zero-order valence-corrected chi connectivity index (χ0v) is 7.52. The summed E-state index contributed by atoms with van der Waals surface area (Å²) in [6, 6.07) is 0. The van der Waals surface area contributed by atoms with Gasteiger partial charge in [0.2, 0.25) is 6.85 Å². The first-order valence-electron chi connectivity index (χ1n) is 2.22. The number of halogens is 2. The van der Waals surface area contributed by atoms with E-state index in [2.05, 4.69) is 0 Å². The van der Waals surface area contributed by atoms with Crippen LogP contribution in [0.15, 0.2) is 0 Å². The summed E-state index contributed by atoms with van der Waals surface area (Å²) in [5.41, 5.74) is -0.213. The first-order valence-corrected chi connectivity index (χ1v) is 5.29. The molecule has 0 aromatic heterocycles. The smallest absolute Gasteiger partial charge is 0.226 e. The van der Waals surface area contributed by atoms with E-state index in [0.29, 0.717) is 0 Å². The van der Waals surface area contributed by atoms with Crippen molar-refractivity contribution in [1.82, 2.24) is 0 Å². The summed E-state index contributed by atoms with van der Waals surface area (Å²) in [6.45, 7) is 4.49. The molecule has 0 rings (SSSR count). The highest BCUT2D eigenvalue weighted by Gasteiger charge is 2.14. The summed E-state index contributed by atoms with van der Waals surface area (Å²) in [5, 5.41) is 0. The van der Waals surface area contributed by atoms with Crippen molar-refractivity contribution in [2.45, 2.75) is 26.4 Å². The van der Waals surface area contributed by atoms with Crippen molar-refractivity contribution in [2.75, 3.05) is 0 Å². The van der Waals surface area contributed by atoms with E-state index in [1.165, 1.54) is 0 Å². The van der Waals surface area contributed by atoms with Gasteiger partial charge in [-0.1, -0.05) is 0 Å². The van der Waals surface area contributed by atoms with Gasteiger partial charge in [0.05, 0.1) is 5.60 Å². The molecule has 4 heteroatoms. The molecule has 0 atom stereocenters. The van der Waals surface area contributed by atoms with Crippen molar-refractivity contribution in [3.8, 4) is 0 Å². The van der Waals surface area contributed by atoms with Gasteiger partial charge in [0, 0.05) is 0 Å². The maximum Gasteiger partial charge on any atom is 0.226 e. The molecule has 0 N–H and O–H groups in total. The molecule has 0 fully saturated rings. The van der Waals surface area contributed by atoms with Gasteiger partial charge in [0.1, 0.15) is 0 Å². The number of hydrogen-bond donors (Lipinski definition) is 0. The molecule has 0 amide bonds. The van der Waals surface area contributed by atoms with Crippen molar-refractivity contribution in [3.63, 3.8) is 0 Å². The normalized spacial score (nSPS) is 12.8. The van der Waals surface area contributed by atoms with Gasteiger partial charge >= 0.3 is 0 Å². The summed E-state index contributed by atoms with van der Waals surface area (Å²) in [6.07, 6.45) is 0. The predicted octanol–water partition coefficient (Wildman–Crippen LogP) is 3.51. The van der Waals surface area contributed by atoms with Crippen LogP contribution in [0.25, 0.3) is 0 Å². The average Bonchev–Trinajstić information content (AvgIpc) is 1.21. The Kier molecular flexibility index (Phi) is 3.61. The quantitative estimate of drug-likeness (QED) is 0.554. The number of rotatable bonds is 1. The fourth-order valence-corrected chi connectivity index (χ4v) is 1.86. The van der Waals surface area contributed by atoms with Crippen LogP contribution in [-0.4, -0.2) is 5.60 Å². The molecular weight excluding hydrogens is 166 g/mol. The molecule has 0 aliphatic rings. The minimum atomic E-state index is -1.24. The largest absolute Gasteiger partial charge is 0.326 e. The van der Waals surface area contributed by atoms with Gasteiger partial charge < -0.3 is 4.52 Å². The molecule has 0 unspecified atom stereocenters. The lowest BCUT2D eigenvalue weighted by molar-refractivity contribution is 0.158. The third-order valence-electron chi connectivity index (χ3n) is 0.343. The van der Waals surface area contributed by atoms with Crippen LogP contribution in [0.3, 0.4) is 0 Å². The zero-order chi connectivity index (χ0) is 6.78. The molecule has 0 aromatic rings. The van der Waals surface area contributed by atoms with E-state index in [0.717, 1.165) is 0 Å². The van der Waals surface area contributed by atoms with Crippen molar-refractivity contribution in [3.05, 3.63) is 0 Å². The minimum absolute atomic E-state index is 0.213. The lowest BCUT2D eigenvalue weighted by Crippen LogP contribution is -2.13. The van der Waals surface area contributed by atoms with Crippen molar-refractivity contribution < 1.29 is 4.52 Å². The third kappa shape index (κ3) is 6.97. The van der Waals surface area contributed by atoms with Crippen LogP contribution in [0.4, 0.5) is 0 Å². The molecule has 50 valence electrons. The average molecular weight is 175 g/mol. The summed E-state index contributed by atoms with van der Waals surface area (Å²) < 4.78 is 5.03. The highest BCUT2D eigenvalue weighted by molar-refractivity contribution is 8.00. The minimum Gasteiger partial charge on any atom is -0.326 e. The van der Waals surface area contributed by atoms with E-state index in [1.54, 1.807) is 0 Å². The molecule has 1 nitrogen and oxygen atoms in total. The van der Waals surface area contributed by atoms with Gasteiger partial charge in [-0.25, -0.2) is 0 Å². The van der Waals surface area contributed by atoms with E-state index in [4.69, 9.17) is 27.0 Å². The van der Waals surface area contributed by atoms with Gasteiger partial charge in [-0.3, -0.25) is 0 Å². The van der Waals surface area contributed by atoms with Crippen LogP contribution >= 0.6 is 29.3 Å². The SMILES string of the molecule is CC(C)(C)OP(Cl)Cl. The fourth-order valence-electron chi connectivity index (χ4n) is 0.207. The molecule has 0 spiro atoms. The Labute approximate surface area is 60.7 Å². The second-order valence-corrected chi connectivity index (χ2v) is 5.35. The molecule has 0 bridgehead atoms. The Balaban J connectivity index is 3.39. The fraction of sp³-hybridized carbons (Fsp3) is 1.00. The molecule has 0 saturated heterocycles. The van der Waals surface area contributed by atoms with Crippen molar-refractivity contribution in [1.29, 1.82) is 0 Å². The Morgan fingerprint density at radius 3 is 1.62 bits per heavy atom. The second-order valence-electron chi connectivity index (χ2n) is 2.41. The van der Waals surface area contributed by atoms with Crippen molar-refractivity contribution >= 4 is 29.3 Å². The maximum absolute atomic E-state index is 5.37. The van der Waals surface area contributed by atoms with Crippen LogP contribution < -0.4 is 0 Å². The first kappa shape index (κ1) is 8.97. The van der Waals surface area contributed by atoms with E-state index in [1.807, 2.05) is 20.8 Å². The Bertz CT molecular complexity index is 68.9. The molecule has 0 saturated carbocycles. The molecule has 0 radical (unpaired) electrons. The van der Waals surface area contributed by atoms with Gasteiger partial charge in [-0.2, -0.15) is 0 Å². The van der Waals surface area contributed by atoms with Crippen LogP contribution in [0.1, 0.15) is 20.8 Å². The lowest BCUT2D eigenvalue weighted by Gasteiger charge is -2.18. The van der Waals surface area contributed by atoms with Gasteiger partial charge in [0.25, 0.3) is 0 Å². The van der Waals surface area contributed by atoms with Gasteiger partial charge in [0.15, 0.2) is 0 Å². The monoisotopic (exact) mass is 174 g/mol. The molecule has 0 heterocycles. The van der Waals surface area contributed by atoms with E-state index < -0.39 is 6.85 Å². The number of hydrogen-bond acceptors (Lipinski definition) is 1. The highest BCUT2D eigenvalue weighted by atomic mass is 35.9. The van der Waals surface area contributed by atoms with Crippen LogP contribution in [0.5, 0.6) is 0 Å². The zero-order valence-electron chi connectivity index (χ0n) is 5.11. The molecular formula is C4H9Cl2OP. The molecule has 0 aliphatic heterocycles. The lowest BCUT2D eigenvalue weighted by atomic mass is 10.2. The van der Waals surface area contributed by atoms with Crippen LogP contribution in [0.2, 0.25) is 0 Å². The summed E-state index contributed by atoms with van der Waals surface area (Å²) in [7, 11) is 0. The summed E-state index contributed by atoms with van der Waals surface area (Å²) in [5.74, 6) is 0. The van der Waals surface area contributed by atoms with Crippen LogP contribution in [-0.2, 0) is 4.52 Å². The summed E-state index contributed by atoms with van der Waals surface area (Å²) >= 11 is 10.7. The second kappa shape index (κ2) is 3.22. The Hall–Kier alpha value is 0.970. The molecule has 0 aliphatic carbocycles. The molecule has 8 heavy (non-hydrogen) atoms. The van der Waals surface area contributed by atoms with Gasteiger partial charge in [-0.15, -0.1) is 0 Å². The van der Waals surface area contributed by atoms with E-state index >= 15 is 0 Å². The van der Waals surface area contributed by atoms with E-state index in [-0.39, 0.29) is 5.60 Å². The van der Waals surface area contributed by atoms with Crippen molar-refractivity contribution in [2.24, 2.45) is 0 Å². The van der Waals surface area contributed by atoms with E-state index in [9.17, 15) is 0 Å².